The van der Waals surface area contributed by atoms with Crippen LogP contribution in [0, 0.1) is 0 Å². The second-order valence-electron chi connectivity index (χ2n) is 9.12. The second kappa shape index (κ2) is 11.9. The molecule has 38 heavy (non-hydrogen) atoms. The molecule has 7 heteroatoms. The van der Waals surface area contributed by atoms with Crippen molar-refractivity contribution in [1.82, 2.24) is 5.32 Å². The van der Waals surface area contributed by atoms with Gasteiger partial charge in [-0.05, 0) is 35.2 Å². The lowest BCUT2D eigenvalue weighted by molar-refractivity contribution is -0.127. The number of hydrogen-bond donors (Lipinski definition) is 2. The van der Waals surface area contributed by atoms with E-state index in [0.717, 1.165) is 16.7 Å². The Kier molecular flexibility index (Phi) is 8.38. The van der Waals surface area contributed by atoms with Crippen LogP contribution in [0.15, 0.2) is 126 Å². The molecule has 0 radical (unpaired) electrons. The molecule has 0 unspecified atom stereocenters. The van der Waals surface area contributed by atoms with E-state index in [0.29, 0.717) is 0 Å². The van der Waals surface area contributed by atoms with Gasteiger partial charge in [-0.1, -0.05) is 109 Å². The van der Waals surface area contributed by atoms with Gasteiger partial charge >= 0.3 is 0 Å². The zero-order chi connectivity index (χ0) is 27.0. The number of rotatable bonds is 11. The van der Waals surface area contributed by atoms with Gasteiger partial charge in [0.15, 0.2) is 9.84 Å². The van der Waals surface area contributed by atoms with Crippen LogP contribution < -0.4 is 11.1 Å². The zero-order valence-corrected chi connectivity index (χ0v) is 21.7. The average Bonchev–Trinajstić information content (AvgIpc) is 2.95. The first-order chi connectivity index (χ1) is 18.3. The van der Waals surface area contributed by atoms with E-state index in [4.69, 9.17) is 5.73 Å². The summed E-state index contributed by atoms with van der Waals surface area (Å²) in [5, 5.41) is 2.73. The van der Waals surface area contributed by atoms with Crippen molar-refractivity contribution in [1.29, 1.82) is 0 Å². The highest BCUT2D eigenvalue weighted by molar-refractivity contribution is 7.91. The lowest BCUT2D eigenvalue weighted by Gasteiger charge is -2.36. The van der Waals surface area contributed by atoms with Crippen LogP contribution in [0.3, 0.4) is 0 Å². The van der Waals surface area contributed by atoms with E-state index in [-0.39, 0.29) is 23.5 Å². The van der Waals surface area contributed by atoms with Gasteiger partial charge in [-0.15, -0.1) is 0 Å². The summed E-state index contributed by atoms with van der Waals surface area (Å²) in [7, 11) is -3.65. The fraction of sp³-hybridized carbons (Fsp3) is 0.161. The first-order valence-electron chi connectivity index (χ1n) is 12.4. The van der Waals surface area contributed by atoms with Crippen LogP contribution >= 0.6 is 0 Å². The molecule has 0 aliphatic carbocycles. The fourth-order valence-electron chi connectivity index (χ4n) is 4.76. The predicted molar refractivity (Wildman–Crippen MR) is 148 cm³/mol. The third-order valence-electron chi connectivity index (χ3n) is 6.68. The molecule has 0 fully saturated rings. The summed E-state index contributed by atoms with van der Waals surface area (Å²) < 4.78 is 25.5. The molecule has 2 amide bonds. The minimum atomic E-state index is -3.65. The maximum Gasteiger partial charge on any atom is 0.240 e. The Bertz CT molecular complexity index is 1360. The summed E-state index contributed by atoms with van der Waals surface area (Å²) in [6, 6.07) is 36.0. The first kappa shape index (κ1) is 26.8. The van der Waals surface area contributed by atoms with Crippen molar-refractivity contribution in [3.8, 4) is 0 Å². The highest BCUT2D eigenvalue weighted by atomic mass is 32.2. The van der Waals surface area contributed by atoms with Crippen LogP contribution in [-0.2, 0) is 24.8 Å². The van der Waals surface area contributed by atoms with Gasteiger partial charge in [0.1, 0.15) is 6.04 Å². The molecule has 0 heterocycles. The lowest BCUT2D eigenvalue weighted by Crippen LogP contribution is -2.47. The summed E-state index contributed by atoms with van der Waals surface area (Å²) in [6.45, 7) is 0. The molecule has 4 aromatic carbocycles. The van der Waals surface area contributed by atoms with Gasteiger partial charge < -0.3 is 11.1 Å². The molecule has 194 valence electrons. The molecular formula is C31H30N2O4S. The number of carbonyl (C=O) groups is 2. The monoisotopic (exact) mass is 526 g/mol. The van der Waals surface area contributed by atoms with Crippen molar-refractivity contribution < 1.29 is 18.0 Å². The van der Waals surface area contributed by atoms with Crippen molar-refractivity contribution in [2.45, 2.75) is 29.2 Å². The summed E-state index contributed by atoms with van der Waals surface area (Å²) >= 11 is 0. The molecule has 0 aromatic heterocycles. The molecule has 0 aliphatic rings. The van der Waals surface area contributed by atoms with Crippen molar-refractivity contribution in [2.75, 3.05) is 5.75 Å². The van der Waals surface area contributed by atoms with Gasteiger partial charge in [0, 0.05) is 6.42 Å². The minimum Gasteiger partial charge on any atom is -0.368 e. The van der Waals surface area contributed by atoms with Crippen LogP contribution in [-0.4, -0.2) is 32.0 Å². The molecule has 0 saturated carbocycles. The molecule has 0 saturated heterocycles. The van der Waals surface area contributed by atoms with Gasteiger partial charge in [0.2, 0.25) is 11.8 Å². The van der Waals surface area contributed by atoms with Gasteiger partial charge in [-0.3, -0.25) is 9.59 Å². The zero-order valence-electron chi connectivity index (χ0n) is 20.9. The number of nitrogens with one attached hydrogen (secondary N) is 1. The Morgan fingerprint density at radius 1 is 0.684 bits per heavy atom. The molecule has 1 atom stereocenters. The Hall–Kier alpha value is -4.23. The van der Waals surface area contributed by atoms with Crippen molar-refractivity contribution in [3.05, 3.63) is 138 Å². The largest absolute Gasteiger partial charge is 0.368 e. The van der Waals surface area contributed by atoms with Crippen LogP contribution in [0.25, 0.3) is 0 Å². The number of carbonyl (C=O) groups excluding carboxylic acids is 2. The highest BCUT2D eigenvalue weighted by Crippen LogP contribution is 2.42. The fourth-order valence-corrected chi connectivity index (χ4v) is 6.12. The van der Waals surface area contributed by atoms with E-state index in [9.17, 15) is 18.0 Å². The quantitative estimate of drug-likeness (QED) is 0.285. The van der Waals surface area contributed by atoms with Crippen LogP contribution in [0.1, 0.15) is 29.5 Å². The highest BCUT2D eigenvalue weighted by Gasteiger charge is 2.39. The van der Waals surface area contributed by atoms with Crippen LogP contribution in [0.4, 0.5) is 0 Å². The van der Waals surface area contributed by atoms with E-state index < -0.39 is 33.1 Å². The standard InChI is InChI=1S/C31H30N2O4S/c32-30(35)28(21-22-38(36,37)27-19-11-4-12-20-27)33-29(34)23-31(24-13-5-1-6-14-24,25-15-7-2-8-16-25)26-17-9-3-10-18-26/h1-20,28H,21-23H2,(H2,32,35)(H,33,34)/t28-/m0/s1. The second-order valence-corrected chi connectivity index (χ2v) is 11.2. The third-order valence-corrected chi connectivity index (χ3v) is 8.45. The van der Waals surface area contributed by atoms with Crippen molar-refractivity contribution in [3.63, 3.8) is 0 Å². The molecule has 6 nitrogen and oxygen atoms in total. The van der Waals surface area contributed by atoms with Gasteiger partial charge in [-0.2, -0.15) is 0 Å². The third kappa shape index (κ3) is 6.01. The van der Waals surface area contributed by atoms with Crippen LogP contribution in [0.5, 0.6) is 0 Å². The SMILES string of the molecule is NC(=O)[C@H](CCS(=O)(=O)c1ccccc1)NC(=O)CC(c1ccccc1)(c1ccccc1)c1ccccc1. The number of benzene rings is 4. The van der Waals surface area contributed by atoms with E-state index >= 15 is 0 Å². The van der Waals surface area contributed by atoms with Crippen molar-refractivity contribution in [2.24, 2.45) is 5.73 Å². The van der Waals surface area contributed by atoms with E-state index in [1.165, 1.54) is 12.1 Å². The number of hydrogen-bond acceptors (Lipinski definition) is 4. The van der Waals surface area contributed by atoms with E-state index in [2.05, 4.69) is 5.32 Å². The maximum atomic E-state index is 13.6. The summed E-state index contributed by atoms with van der Waals surface area (Å²) in [5.74, 6) is -1.53. The lowest BCUT2D eigenvalue weighted by atomic mass is 9.67. The normalized spacial score (nSPS) is 12.4. The molecule has 0 bridgehead atoms. The summed E-state index contributed by atoms with van der Waals surface area (Å²) in [5.41, 5.74) is 7.48. The summed E-state index contributed by atoms with van der Waals surface area (Å²) in [4.78, 5) is 26.1. The molecule has 0 spiro atoms. The summed E-state index contributed by atoms with van der Waals surface area (Å²) in [6.07, 6.45) is -0.145. The molecular weight excluding hydrogens is 496 g/mol. The minimum absolute atomic E-state index is 0.0136. The molecule has 3 N–H and O–H groups in total. The van der Waals surface area contributed by atoms with E-state index in [1.807, 2.05) is 91.0 Å². The number of primary amides is 1. The smallest absolute Gasteiger partial charge is 0.240 e. The average molecular weight is 527 g/mol. The number of nitrogens with two attached hydrogens (primary N) is 1. The van der Waals surface area contributed by atoms with Gasteiger partial charge in [0.25, 0.3) is 0 Å². The van der Waals surface area contributed by atoms with E-state index in [1.54, 1.807) is 18.2 Å². The predicted octanol–water partition coefficient (Wildman–Crippen LogP) is 4.25. The topological polar surface area (TPSA) is 106 Å². The Morgan fingerprint density at radius 2 is 1.08 bits per heavy atom. The molecule has 4 aromatic rings. The van der Waals surface area contributed by atoms with Crippen molar-refractivity contribution >= 4 is 21.7 Å². The van der Waals surface area contributed by atoms with Gasteiger partial charge in [-0.25, -0.2) is 8.42 Å². The number of amides is 2. The van der Waals surface area contributed by atoms with Gasteiger partial charge in [0.05, 0.1) is 16.1 Å². The Balaban J connectivity index is 1.65. The molecule has 0 aliphatic heterocycles. The molecule has 4 rings (SSSR count). The first-order valence-corrected chi connectivity index (χ1v) is 14.0. The maximum absolute atomic E-state index is 13.6. The van der Waals surface area contributed by atoms with Crippen LogP contribution in [0.2, 0.25) is 0 Å². The number of sulfone groups is 1. The Morgan fingerprint density at radius 3 is 1.47 bits per heavy atom. The Labute approximate surface area is 223 Å².